The lowest BCUT2D eigenvalue weighted by Gasteiger charge is -2.32. The third kappa shape index (κ3) is 3.05. The number of nitrogens with zero attached hydrogens (tertiary/aromatic N) is 2. The van der Waals surface area contributed by atoms with E-state index in [2.05, 4.69) is 9.71 Å². The first-order valence-electron chi connectivity index (χ1n) is 5.43. The highest BCUT2D eigenvalue weighted by Crippen LogP contribution is 2.18. The topological polar surface area (TPSA) is 90.0 Å². The summed E-state index contributed by atoms with van der Waals surface area (Å²) in [6.07, 6.45) is 2.91. The van der Waals surface area contributed by atoms with Gasteiger partial charge in [0, 0.05) is 25.3 Å². The van der Waals surface area contributed by atoms with Gasteiger partial charge in [-0.3, -0.25) is 0 Å². The van der Waals surface area contributed by atoms with Crippen molar-refractivity contribution < 1.29 is 8.42 Å². The molecule has 17 heavy (non-hydrogen) atoms. The molecule has 0 saturated carbocycles. The van der Waals surface area contributed by atoms with Crippen LogP contribution >= 0.6 is 0 Å². The molecule has 0 aromatic carbocycles. The van der Waals surface area contributed by atoms with Crippen molar-refractivity contribution in [1.29, 1.82) is 0 Å². The van der Waals surface area contributed by atoms with E-state index in [9.17, 15) is 8.42 Å². The number of rotatable bonds is 5. The van der Waals surface area contributed by atoms with Gasteiger partial charge in [-0.25, -0.2) is 18.1 Å². The molecule has 1 aromatic heterocycles. The van der Waals surface area contributed by atoms with Gasteiger partial charge in [0.25, 0.3) is 10.0 Å². The van der Waals surface area contributed by atoms with Crippen molar-refractivity contribution in [2.45, 2.75) is 31.3 Å². The smallest absolute Gasteiger partial charge is 0.260 e. The zero-order chi connectivity index (χ0) is 13.3. The largest absolute Gasteiger partial charge is 0.339 e. The Morgan fingerprint density at radius 3 is 2.53 bits per heavy atom. The molecule has 1 unspecified atom stereocenters. The van der Waals surface area contributed by atoms with Gasteiger partial charge >= 0.3 is 0 Å². The Hall–Kier alpha value is -0.920. The molecule has 0 aliphatic carbocycles. The van der Waals surface area contributed by atoms with Crippen molar-refractivity contribution in [2.75, 3.05) is 6.54 Å². The molecule has 0 saturated heterocycles. The summed E-state index contributed by atoms with van der Waals surface area (Å²) in [5, 5.41) is 0.0142. The molecule has 0 bridgehead atoms. The number of nitrogens with one attached hydrogen (secondary N) is 1. The molecule has 1 atom stereocenters. The second kappa shape index (κ2) is 4.75. The summed E-state index contributed by atoms with van der Waals surface area (Å²) in [5.74, 6) is 0.0889. The Bertz CT molecular complexity index is 480. The summed E-state index contributed by atoms with van der Waals surface area (Å²) in [6.45, 7) is 5.87. The van der Waals surface area contributed by atoms with Crippen molar-refractivity contribution in [2.24, 2.45) is 18.7 Å². The minimum atomic E-state index is -3.62. The van der Waals surface area contributed by atoms with E-state index in [1.807, 2.05) is 13.8 Å². The third-order valence-corrected chi connectivity index (χ3v) is 4.52. The van der Waals surface area contributed by atoms with Crippen LogP contribution in [0.4, 0.5) is 0 Å². The zero-order valence-corrected chi connectivity index (χ0v) is 11.5. The molecule has 0 amide bonds. The number of nitrogens with two attached hydrogens (primary N) is 1. The summed E-state index contributed by atoms with van der Waals surface area (Å²) in [5.41, 5.74) is 4.98. The van der Waals surface area contributed by atoms with Gasteiger partial charge in [0.2, 0.25) is 0 Å². The monoisotopic (exact) mass is 260 g/mol. The number of hydrogen-bond donors (Lipinski definition) is 2. The van der Waals surface area contributed by atoms with E-state index in [0.717, 1.165) is 0 Å². The van der Waals surface area contributed by atoms with Crippen LogP contribution in [-0.2, 0) is 17.1 Å². The molecule has 0 aliphatic rings. The lowest BCUT2D eigenvalue weighted by atomic mass is 9.90. The maximum atomic E-state index is 12.1. The molecule has 1 rings (SSSR count). The predicted molar refractivity (Wildman–Crippen MR) is 65.8 cm³/mol. The molecular weight excluding hydrogens is 240 g/mol. The van der Waals surface area contributed by atoms with Crippen LogP contribution in [-0.4, -0.2) is 30.1 Å². The highest BCUT2D eigenvalue weighted by atomic mass is 32.2. The first-order valence-corrected chi connectivity index (χ1v) is 6.91. The molecule has 3 N–H and O–H groups in total. The van der Waals surface area contributed by atoms with Crippen molar-refractivity contribution in [3.05, 3.63) is 12.5 Å². The van der Waals surface area contributed by atoms with E-state index >= 15 is 0 Å². The molecule has 98 valence electrons. The van der Waals surface area contributed by atoms with Gasteiger partial charge < -0.3 is 10.3 Å². The minimum absolute atomic E-state index is 0.0142. The summed E-state index contributed by atoms with van der Waals surface area (Å²) in [4.78, 5) is 3.84. The van der Waals surface area contributed by atoms with Crippen LogP contribution in [0.25, 0.3) is 0 Å². The lowest BCUT2D eigenvalue weighted by Crippen LogP contribution is -2.54. The fraction of sp³-hybridized carbons (Fsp3) is 0.700. The van der Waals surface area contributed by atoms with Gasteiger partial charge in [-0.2, -0.15) is 0 Å². The molecule has 0 spiro atoms. The van der Waals surface area contributed by atoms with Gasteiger partial charge in [0.05, 0.1) is 6.33 Å². The van der Waals surface area contributed by atoms with E-state index in [4.69, 9.17) is 5.73 Å². The maximum absolute atomic E-state index is 12.1. The van der Waals surface area contributed by atoms with Gasteiger partial charge in [-0.05, 0) is 12.8 Å². The Morgan fingerprint density at radius 2 is 2.18 bits per heavy atom. The fourth-order valence-electron chi connectivity index (χ4n) is 1.28. The average molecular weight is 260 g/mol. The zero-order valence-electron chi connectivity index (χ0n) is 10.6. The summed E-state index contributed by atoms with van der Waals surface area (Å²) < 4.78 is 28.4. The Labute approximate surface area is 102 Å². The van der Waals surface area contributed by atoms with Crippen LogP contribution < -0.4 is 10.5 Å². The molecule has 7 heteroatoms. The van der Waals surface area contributed by atoms with Crippen LogP contribution in [0.1, 0.15) is 20.8 Å². The maximum Gasteiger partial charge on any atom is 0.260 e. The number of aryl methyl sites for hydroxylation is 1. The second-order valence-corrected chi connectivity index (χ2v) is 6.39. The molecule has 1 heterocycles. The van der Waals surface area contributed by atoms with Gasteiger partial charge in [-0.15, -0.1) is 0 Å². The number of hydrogen-bond acceptors (Lipinski definition) is 4. The molecule has 6 nitrogen and oxygen atoms in total. The average Bonchev–Trinajstić information content (AvgIpc) is 2.64. The SMILES string of the molecule is CC(C)C(C)(CN)NS(=O)(=O)c1cn(C)cn1. The van der Waals surface area contributed by atoms with Gasteiger partial charge in [0.15, 0.2) is 5.03 Å². The standard InChI is InChI=1S/C10H20N4O2S/c1-8(2)10(3,6-11)13-17(15,16)9-5-14(4)7-12-9/h5,7-8,13H,6,11H2,1-4H3. The first-order chi connectivity index (χ1) is 7.71. The molecule has 0 fully saturated rings. The van der Waals surface area contributed by atoms with E-state index in [1.165, 1.54) is 12.5 Å². The quantitative estimate of drug-likeness (QED) is 0.784. The molecule has 0 aliphatic heterocycles. The first kappa shape index (κ1) is 14.1. The van der Waals surface area contributed by atoms with Crippen LogP contribution in [0.3, 0.4) is 0 Å². The van der Waals surface area contributed by atoms with Crippen molar-refractivity contribution in [3.63, 3.8) is 0 Å². The van der Waals surface area contributed by atoms with Crippen molar-refractivity contribution in [1.82, 2.24) is 14.3 Å². The Morgan fingerprint density at radius 1 is 1.59 bits per heavy atom. The van der Waals surface area contributed by atoms with E-state index in [0.29, 0.717) is 0 Å². The lowest BCUT2D eigenvalue weighted by molar-refractivity contribution is 0.314. The molecule has 0 radical (unpaired) electrons. The van der Waals surface area contributed by atoms with E-state index in [1.54, 1.807) is 18.5 Å². The fourth-order valence-corrected chi connectivity index (χ4v) is 2.81. The second-order valence-electron chi connectivity index (χ2n) is 4.76. The number of imidazole rings is 1. The van der Waals surface area contributed by atoms with E-state index < -0.39 is 15.6 Å². The Kier molecular flexibility index (Phi) is 3.95. The van der Waals surface area contributed by atoms with Gasteiger partial charge in [-0.1, -0.05) is 13.8 Å². The normalized spacial score (nSPS) is 16.1. The Balaban J connectivity index is 3.01. The van der Waals surface area contributed by atoms with Crippen LogP contribution in [0.5, 0.6) is 0 Å². The predicted octanol–water partition coefficient (Wildman–Crippen LogP) is 0.0718. The molecular formula is C10H20N4O2S. The van der Waals surface area contributed by atoms with Crippen LogP contribution in [0.2, 0.25) is 0 Å². The molecule has 1 aromatic rings. The van der Waals surface area contributed by atoms with Crippen LogP contribution in [0, 0.1) is 5.92 Å². The highest BCUT2D eigenvalue weighted by Gasteiger charge is 2.33. The van der Waals surface area contributed by atoms with E-state index in [-0.39, 0.29) is 17.5 Å². The van der Waals surface area contributed by atoms with Gasteiger partial charge in [0.1, 0.15) is 0 Å². The third-order valence-electron chi connectivity index (χ3n) is 3.02. The highest BCUT2D eigenvalue weighted by molar-refractivity contribution is 7.89. The van der Waals surface area contributed by atoms with Crippen LogP contribution in [0.15, 0.2) is 17.6 Å². The number of sulfonamides is 1. The summed E-state index contributed by atoms with van der Waals surface area (Å²) >= 11 is 0. The van der Waals surface area contributed by atoms with Crippen molar-refractivity contribution >= 4 is 10.0 Å². The summed E-state index contributed by atoms with van der Waals surface area (Å²) in [7, 11) is -1.90. The summed E-state index contributed by atoms with van der Waals surface area (Å²) in [6, 6.07) is 0. The number of aromatic nitrogens is 2. The van der Waals surface area contributed by atoms with Crippen molar-refractivity contribution in [3.8, 4) is 0 Å². The minimum Gasteiger partial charge on any atom is -0.339 e.